The summed E-state index contributed by atoms with van der Waals surface area (Å²) in [5.74, 6) is 0. The minimum absolute atomic E-state index is 0.447. The van der Waals surface area contributed by atoms with Crippen LogP contribution in [0.25, 0.3) is 0 Å². The number of ether oxygens (including phenoxy) is 1. The van der Waals surface area contributed by atoms with E-state index < -0.39 is 5.60 Å². The van der Waals surface area contributed by atoms with Gasteiger partial charge in [0.2, 0.25) is 0 Å². The average molecular weight is 144 g/mol. The summed E-state index contributed by atoms with van der Waals surface area (Å²) in [5, 5.41) is 13.8. The van der Waals surface area contributed by atoms with Gasteiger partial charge in [-0.15, -0.1) is 0 Å². The molecule has 0 unspecified atom stereocenters. The van der Waals surface area contributed by atoms with E-state index in [1.165, 1.54) is 0 Å². The monoisotopic (exact) mass is 144 g/mol. The molecule has 1 rings (SSSR count). The molecule has 0 aromatic rings. The van der Waals surface area contributed by atoms with Gasteiger partial charge in [-0.05, 0) is 12.8 Å². The molecule has 10 heavy (non-hydrogen) atoms. The molecule has 0 amide bonds. The predicted molar refractivity (Wildman–Crippen MR) is 37.9 cm³/mol. The standard InChI is InChI=1S/C7H14NO2/c1-10-6-7(9)2-4-8-5-3-7/h9H,2-6H2,1H3. The summed E-state index contributed by atoms with van der Waals surface area (Å²) in [6, 6.07) is 0. The first-order chi connectivity index (χ1) is 4.77. The second-order valence-corrected chi connectivity index (χ2v) is 2.83. The minimum atomic E-state index is -0.587. The highest BCUT2D eigenvalue weighted by Crippen LogP contribution is 2.17. The first-order valence-corrected chi connectivity index (χ1v) is 3.61. The third-order valence-corrected chi connectivity index (χ3v) is 1.88. The molecule has 1 N–H and O–H groups in total. The van der Waals surface area contributed by atoms with Crippen LogP contribution in [0.2, 0.25) is 0 Å². The van der Waals surface area contributed by atoms with E-state index in [1.54, 1.807) is 7.11 Å². The van der Waals surface area contributed by atoms with Gasteiger partial charge in [-0.1, -0.05) is 0 Å². The Hall–Kier alpha value is -0.120. The van der Waals surface area contributed by atoms with E-state index in [0.717, 1.165) is 25.9 Å². The molecule has 0 spiro atoms. The molecular formula is C7H14NO2. The lowest BCUT2D eigenvalue weighted by atomic mass is 9.94. The second kappa shape index (κ2) is 3.32. The van der Waals surface area contributed by atoms with E-state index in [4.69, 9.17) is 4.74 Å². The number of rotatable bonds is 2. The van der Waals surface area contributed by atoms with Crippen molar-refractivity contribution >= 4 is 0 Å². The van der Waals surface area contributed by atoms with E-state index in [0.29, 0.717) is 6.61 Å². The molecular weight excluding hydrogens is 130 g/mol. The molecule has 1 aliphatic rings. The van der Waals surface area contributed by atoms with Gasteiger partial charge in [-0.3, -0.25) is 0 Å². The molecule has 1 aliphatic heterocycles. The van der Waals surface area contributed by atoms with Crippen LogP contribution in [-0.2, 0) is 4.74 Å². The number of hydrogen-bond acceptors (Lipinski definition) is 2. The topological polar surface area (TPSA) is 43.6 Å². The lowest BCUT2D eigenvalue weighted by Gasteiger charge is -2.30. The molecule has 1 fully saturated rings. The number of piperidine rings is 1. The molecule has 0 aliphatic carbocycles. The molecule has 0 saturated carbocycles. The molecule has 0 atom stereocenters. The van der Waals surface area contributed by atoms with Crippen LogP contribution in [0.5, 0.6) is 0 Å². The van der Waals surface area contributed by atoms with Gasteiger partial charge in [-0.25, -0.2) is 5.32 Å². The van der Waals surface area contributed by atoms with Crippen LogP contribution in [0.4, 0.5) is 0 Å². The Labute approximate surface area is 61.4 Å². The highest BCUT2D eigenvalue weighted by atomic mass is 16.5. The van der Waals surface area contributed by atoms with Crippen LogP contribution in [0.15, 0.2) is 0 Å². The van der Waals surface area contributed by atoms with Crippen LogP contribution in [0, 0.1) is 0 Å². The molecule has 0 aromatic heterocycles. The molecule has 3 heteroatoms. The molecule has 1 saturated heterocycles. The smallest absolute Gasteiger partial charge is 0.0905 e. The van der Waals surface area contributed by atoms with Gasteiger partial charge in [-0.2, -0.15) is 0 Å². The molecule has 59 valence electrons. The lowest BCUT2D eigenvalue weighted by Crippen LogP contribution is -2.42. The van der Waals surface area contributed by atoms with Crippen LogP contribution >= 0.6 is 0 Å². The fourth-order valence-electron chi connectivity index (χ4n) is 1.22. The van der Waals surface area contributed by atoms with E-state index in [2.05, 4.69) is 5.32 Å². The summed E-state index contributed by atoms with van der Waals surface area (Å²) in [6.45, 7) is 2.00. The van der Waals surface area contributed by atoms with Crippen LogP contribution in [-0.4, -0.2) is 37.5 Å². The Morgan fingerprint density at radius 3 is 2.60 bits per heavy atom. The van der Waals surface area contributed by atoms with E-state index in [1.807, 2.05) is 0 Å². The molecule has 3 nitrogen and oxygen atoms in total. The SMILES string of the molecule is COCC1(O)CC[N]CC1. The van der Waals surface area contributed by atoms with Crippen molar-refractivity contribution in [3.05, 3.63) is 0 Å². The van der Waals surface area contributed by atoms with Crippen molar-refractivity contribution in [2.45, 2.75) is 18.4 Å². The molecule has 1 heterocycles. The molecule has 0 aromatic carbocycles. The zero-order valence-corrected chi connectivity index (χ0v) is 6.34. The first kappa shape index (κ1) is 7.98. The Morgan fingerprint density at radius 1 is 1.50 bits per heavy atom. The van der Waals surface area contributed by atoms with Gasteiger partial charge in [0.05, 0.1) is 12.2 Å². The second-order valence-electron chi connectivity index (χ2n) is 2.83. The van der Waals surface area contributed by atoms with E-state index in [9.17, 15) is 5.11 Å². The maximum absolute atomic E-state index is 9.69. The van der Waals surface area contributed by atoms with Gasteiger partial charge < -0.3 is 9.84 Å². The summed E-state index contributed by atoms with van der Waals surface area (Å²) in [4.78, 5) is 0. The fourth-order valence-corrected chi connectivity index (χ4v) is 1.22. The zero-order valence-electron chi connectivity index (χ0n) is 6.34. The summed E-state index contributed by atoms with van der Waals surface area (Å²) < 4.78 is 4.89. The van der Waals surface area contributed by atoms with E-state index in [-0.39, 0.29) is 0 Å². The van der Waals surface area contributed by atoms with Crippen molar-refractivity contribution in [2.24, 2.45) is 0 Å². The van der Waals surface area contributed by atoms with Gasteiger partial charge in [0, 0.05) is 20.2 Å². The van der Waals surface area contributed by atoms with Gasteiger partial charge in [0.1, 0.15) is 0 Å². The highest BCUT2D eigenvalue weighted by molar-refractivity contribution is 4.83. The third-order valence-electron chi connectivity index (χ3n) is 1.88. The first-order valence-electron chi connectivity index (χ1n) is 3.61. The van der Waals surface area contributed by atoms with Crippen LogP contribution in [0.3, 0.4) is 0 Å². The summed E-state index contributed by atoms with van der Waals surface area (Å²) in [6.07, 6.45) is 1.50. The van der Waals surface area contributed by atoms with Gasteiger partial charge >= 0.3 is 0 Å². The van der Waals surface area contributed by atoms with Gasteiger partial charge in [0.15, 0.2) is 0 Å². The van der Waals surface area contributed by atoms with Gasteiger partial charge in [0.25, 0.3) is 0 Å². The summed E-state index contributed by atoms with van der Waals surface area (Å²) in [5.41, 5.74) is -0.587. The summed E-state index contributed by atoms with van der Waals surface area (Å²) >= 11 is 0. The fraction of sp³-hybridized carbons (Fsp3) is 1.00. The number of nitrogens with zero attached hydrogens (tertiary/aromatic N) is 1. The van der Waals surface area contributed by atoms with Crippen molar-refractivity contribution in [2.75, 3.05) is 26.8 Å². The van der Waals surface area contributed by atoms with Crippen molar-refractivity contribution < 1.29 is 9.84 Å². The Balaban J connectivity index is 2.32. The summed E-state index contributed by atoms with van der Waals surface area (Å²) in [7, 11) is 1.61. The Morgan fingerprint density at radius 2 is 2.10 bits per heavy atom. The van der Waals surface area contributed by atoms with Crippen molar-refractivity contribution in [1.82, 2.24) is 5.32 Å². The van der Waals surface area contributed by atoms with Crippen molar-refractivity contribution in [3.8, 4) is 0 Å². The molecule has 0 bridgehead atoms. The Kier molecular flexibility index (Phi) is 2.65. The largest absolute Gasteiger partial charge is 0.387 e. The zero-order chi connectivity index (χ0) is 7.45. The minimum Gasteiger partial charge on any atom is -0.387 e. The quantitative estimate of drug-likeness (QED) is 0.581. The third kappa shape index (κ3) is 1.94. The number of hydrogen-bond donors (Lipinski definition) is 1. The lowest BCUT2D eigenvalue weighted by molar-refractivity contribution is -0.0514. The predicted octanol–water partition coefficient (Wildman–Crippen LogP) is -0.238. The maximum atomic E-state index is 9.69. The van der Waals surface area contributed by atoms with Crippen LogP contribution in [0.1, 0.15) is 12.8 Å². The normalized spacial score (nSPS) is 24.6. The average Bonchev–Trinajstić information content (AvgIpc) is 1.89. The maximum Gasteiger partial charge on any atom is 0.0905 e. The number of methoxy groups -OCH3 is 1. The van der Waals surface area contributed by atoms with Crippen molar-refractivity contribution in [3.63, 3.8) is 0 Å². The number of aliphatic hydroxyl groups is 1. The van der Waals surface area contributed by atoms with E-state index >= 15 is 0 Å². The molecule has 1 radical (unpaired) electrons. The van der Waals surface area contributed by atoms with Crippen molar-refractivity contribution in [1.29, 1.82) is 0 Å². The Bertz CT molecular complexity index is 94.3. The van der Waals surface area contributed by atoms with Crippen LogP contribution < -0.4 is 5.32 Å². The highest BCUT2D eigenvalue weighted by Gasteiger charge is 2.28.